The molecule has 0 aromatic rings. The minimum Gasteiger partial charge on any atom is -0.293 e. The fraction of sp³-hybridized carbons (Fsp3) is 0.364. The Morgan fingerprint density at radius 3 is 2.17 bits per heavy atom. The Kier molecular flexibility index (Phi) is 5.02. The van der Waals surface area contributed by atoms with E-state index in [0.29, 0.717) is 0 Å². The Morgan fingerprint density at radius 2 is 1.83 bits per heavy atom. The Morgan fingerprint density at radius 1 is 1.25 bits per heavy atom. The van der Waals surface area contributed by atoms with E-state index >= 15 is 0 Å². The number of nitrogens with zero attached hydrogens (tertiary/aromatic N) is 1. The van der Waals surface area contributed by atoms with E-state index in [4.69, 9.17) is 0 Å². The molecule has 0 aliphatic heterocycles. The molecule has 0 fully saturated rings. The van der Waals surface area contributed by atoms with Gasteiger partial charge in [0.15, 0.2) is 0 Å². The highest BCUT2D eigenvalue weighted by molar-refractivity contribution is 6.01. The predicted octanol–water partition coefficient (Wildman–Crippen LogP) is 3.16. The fourth-order valence-corrected chi connectivity index (χ4v) is 0.934. The highest BCUT2D eigenvalue weighted by Crippen LogP contribution is 2.07. The molecule has 0 aromatic heterocycles. The summed E-state index contributed by atoms with van der Waals surface area (Å²) < 4.78 is 0. The molecule has 0 aliphatic rings. The Labute approximate surface area is 75.2 Å². The number of rotatable bonds is 3. The van der Waals surface area contributed by atoms with Crippen LogP contribution in [0, 0.1) is 0 Å². The van der Waals surface area contributed by atoms with Gasteiger partial charge in [0, 0.05) is 12.8 Å². The first kappa shape index (κ1) is 10.9. The van der Waals surface area contributed by atoms with Crippen molar-refractivity contribution >= 4 is 5.71 Å². The summed E-state index contributed by atoms with van der Waals surface area (Å²) in [6.07, 6.45) is 5.73. The second kappa shape index (κ2) is 5.53. The third-order valence-corrected chi connectivity index (χ3v) is 1.66. The van der Waals surface area contributed by atoms with Crippen molar-refractivity contribution in [3.63, 3.8) is 0 Å². The first-order chi connectivity index (χ1) is 5.63. The van der Waals surface area contributed by atoms with Crippen LogP contribution in [0.3, 0.4) is 0 Å². The van der Waals surface area contributed by atoms with Crippen LogP contribution >= 0.6 is 0 Å². The summed E-state index contributed by atoms with van der Waals surface area (Å²) in [6, 6.07) is 0. The van der Waals surface area contributed by atoms with E-state index in [1.54, 1.807) is 13.1 Å². The van der Waals surface area contributed by atoms with Crippen LogP contribution in [0.2, 0.25) is 0 Å². The summed E-state index contributed by atoms with van der Waals surface area (Å²) >= 11 is 0. The van der Waals surface area contributed by atoms with Gasteiger partial charge in [0.25, 0.3) is 0 Å². The Hall–Kier alpha value is -1.11. The molecule has 0 saturated carbocycles. The van der Waals surface area contributed by atoms with Gasteiger partial charge in [-0.1, -0.05) is 30.4 Å². The lowest BCUT2D eigenvalue weighted by atomic mass is 10.1. The normalized spacial score (nSPS) is 11.8. The number of allylic oxidation sites excluding steroid dienone is 5. The molecule has 1 nitrogen and oxygen atoms in total. The standard InChI is InChI=1S/C11H17N/c1-6-7-8-11(9(2)3)10(4)12-5/h6-8H,1H2,2-5H3/b8-7-,12-10-. The van der Waals surface area contributed by atoms with Crippen LogP contribution in [0.4, 0.5) is 0 Å². The molecule has 0 aliphatic carbocycles. The monoisotopic (exact) mass is 163 g/mol. The topological polar surface area (TPSA) is 12.4 Å². The highest BCUT2D eigenvalue weighted by Gasteiger charge is 1.97. The van der Waals surface area contributed by atoms with Crippen LogP contribution < -0.4 is 0 Å². The minimum absolute atomic E-state index is 1.06. The molecule has 0 heterocycles. The van der Waals surface area contributed by atoms with E-state index in [2.05, 4.69) is 25.4 Å². The summed E-state index contributed by atoms with van der Waals surface area (Å²) in [4.78, 5) is 4.14. The van der Waals surface area contributed by atoms with Crippen molar-refractivity contribution < 1.29 is 0 Å². The summed E-state index contributed by atoms with van der Waals surface area (Å²) in [7, 11) is 1.81. The predicted molar refractivity (Wildman–Crippen MR) is 56.7 cm³/mol. The molecule has 0 unspecified atom stereocenters. The van der Waals surface area contributed by atoms with E-state index in [-0.39, 0.29) is 0 Å². The zero-order valence-electron chi connectivity index (χ0n) is 8.39. The lowest BCUT2D eigenvalue weighted by molar-refractivity contribution is 1.33. The lowest BCUT2D eigenvalue weighted by Gasteiger charge is -2.02. The first-order valence-electron chi connectivity index (χ1n) is 4.03. The summed E-state index contributed by atoms with van der Waals surface area (Å²) in [5.41, 5.74) is 3.53. The first-order valence-corrected chi connectivity index (χ1v) is 4.03. The van der Waals surface area contributed by atoms with Crippen LogP contribution in [-0.4, -0.2) is 12.8 Å². The van der Waals surface area contributed by atoms with Gasteiger partial charge in [0.05, 0.1) is 0 Å². The van der Waals surface area contributed by atoms with Crippen LogP contribution in [-0.2, 0) is 0 Å². The van der Waals surface area contributed by atoms with E-state index in [0.717, 1.165) is 5.71 Å². The molecular formula is C11H17N. The number of aliphatic imine (C=N–C) groups is 1. The number of hydrogen-bond acceptors (Lipinski definition) is 1. The lowest BCUT2D eigenvalue weighted by Crippen LogP contribution is -1.96. The maximum atomic E-state index is 4.14. The van der Waals surface area contributed by atoms with Crippen LogP contribution in [0.15, 0.2) is 40.9 Å². The average molecular weight is 163 g/mol. The van der Waals surface area contributed by atoms with Crippen LogP contribution in [0.1, 0.15) is 20.8 Å². The SMILES string of the molecule is C=C/C=C\C(=C(C)C)/C(C)=N\C. The quantitative estimate of drug-likeness (QED) is 0.447. The van der Waals surface area contributed by atoms with Gasteiger partial charge in [-0.05, 0) is 26.3 Å². The van der Waals surface area contributed by atoms with Gasteiger partial charge < -0.3 is 0 Å². The molecule has 0 amide bonds. The largest absolute Gasteiger partial charge is 0.293 e. The van der Waals surface area contributed by atoms with E-state index in [1.807, 2.05) is 19.1 Å². The Bertz CT molecular complexity index is 238. The second-order valence-corrected chi connectivity index (χ2v) is 2.82. The van der Waals surface area contributed by atoms with Crippen LogP contribution in [0.25, 0.3) is 0 Å². The van der Waals surface area contributed by atoms with E-state index < -0.39 is 0 Å². The van der Waals surface area contributed by atoms with Crippen molar-refractivity contribution in [2.75, 3.05) is 7.05 Å². The fourth-order valence-electron chi connectivity index (χ4n) is 0.934. The van der Waals surface area contributed by atoms with E-state index in [9.17, 15) is 0 Å². The smallest absolute Gasteiger partial charge is 0.0385 e. The molecule has 0 rings (SSSR count). The van der Waals surface area contributed by atoms with Crippen molar-refractivity contribution in [1.82, 2.24) is 0 Å². The van der Waals surface area contributed by atoms with Crippen LogP contribution in [0.5, 0.6) is 0 Å². The third kappa shape index (κ3) is 3.33. The highest BCUT2D eigenvalue weighted by atomic mass is 14.7. The zero-order chi connectivity index (χ0) is 9.56. The van der Waals surface area contributed by atoms with Crippen molar-refractivity contribution in [2.24, 2.45) is 4.99 Å². The molecule has 1 heteroatoms. The average Bonchev–Trinajstić information content (AvgIpc) is 2.04. The minimum atomic E-state index is 1.06. The molecule has 0 aromatic carbocycles. The molecule has 0 saturated heterocycles. The molecule has 12 heavy (non-hydrogen) atoms. The van der Waals surface area contributed by atoms with Gasteiger partial charge in [0.1, 0.15) is 0 Å². The van der Waals surface area contributed by atoms with Crippen molar-refractivity contribution in [2.45, 2.75) is 20.8 Å². The van der Waals surface area contributed by atoms with Gasteiger partial charge in [-0.15, -0.1) is 0 Å². The second-order valence-electron chi connectivity index (χ2n) is 2.82. The molecule has 0 radical (unpaired) electrons. The molecular weight excluding hydrogens is 146 g/mol. The molecule has 0 atom stereocenters. The molecule has 66 valence electrons. The number of hydrogen-bond donors (Lipinski definition) is 0. The summed E-state index contributed by atoms with van der Waals surface area (Å²) in [5, 5.41) is 0. The molecule has 0 N–H and O–H groups in total. The third-order valence-electron chi connectivity index (χ3n) is 1.66. The summed E-state index contributed by atoms with van der Waals surface area (Å²) in [5.74, 6) is 0. The van der Waals surface area contributed by atoms with Gasteiger partial charge in [-0.3, -0.25) is 4.99 Å². The van der Waals surface area contributed by atoms with Gasteiger partial charge in [-0.2, -0.15) is 0 Å². The maximum absolute atomic E-state index is 4.14. The maximum Gasteiger partial charge on any atom is 0.0385 e. The van der Waals surface area contributed by atoms with Crippen molar-refractivity contribution in [3.8, 4) is 0 Å². The van der Waals surface area contributed by atoms with E-state index in [1.165, 1.54) is 11.1 Å². The van der Waals surface area contributed by atoms with Gasteiger partial charge in [0.2, 0.25) is 0 Å². The van der Waals surface area contributed by atoms with Gasteiger partial charge in [-0.25, -0.2) is 0 Å². The summed E-state index contributed by atoms with van der Waals surface area (Å²) in [6.45, 7) is 9.80. The Balaban J connectivity index is 4.83. The van der Waals surface area contributed by atoms with Crippen molar-refractivity contribution in [1.29, 1.82) is 0 Å². The van der Waals surface area contributed by atoms with Crippen molar-refractivity contribution in [3.05, 3.63) is 36.0 Å². The zero-order valence-corrected chi connectivity index (χ0v) is 8.39. The van der Waals surface area contributed by atoms with Gasteiger partial charge >= 0.3 is 0 Å². The molecule has 0 bridgehead atoms. The molecule has 0 spiro atoms.